The molecule has 4 aromatic carbocycles. The van der Waals surface area contributed by atoms with Gasteiger partial charge in [0.15, 0.2) is 11.6 Å². The maximum atomic E-state index is 14.5. The Morgan fingerprint density at radius 2 is 1.62 bits per heavy atom. The van der Waals surface area contributed by atoms with Crippen molar-refractivity contribution in [2.24, 2.45) is 0 Å². The monoisotopic (exact) mass is 525 g/mol. The summed E-state index contributed by atoms with van der Waals surface area (Å²) in [7, 11) is 0. The number of nitrogens with zero attached hydrogens (tertiary/aromatic N) is 1. The maximum absolute atomic E-state index is 14.5. The lowest BCUT2D eigenvalue weighted by Crippen LogP contribution is -2.51. The van der Waals surface area contributed by atoms with E-state index in [9.17, 15) is 19.1 Å². The number of carbonyl (C=O) groups excluding carboxylic acids is 1. The lowest BCUT2D eigenvalue weighted by molar-refractivity contribution is -0.155. The largest absolute Gasteiger partial charge is 0.488 e. The molecule has 0 fully saturated rings. The number of aliphatic carboxylic acids is 1. The molecule has 1 heterocycles. The van der Waals surface area contributed by atoms with E-state index >= 15 is 0 Å². The summed E-state index contributed by atoms with van der Waals surface area (Å²) >= 11 is 0. The predicted molar refractivity (Wildman–Crippen MR) is 144 cm³/mol. The third kappa shape index (κ3) is 5.62. The van der Waals surface area contributed by atoms with Crippen LogP contribution in [0.1, 0.15) is 33.9 Å². The van der Waals surface area contributed by atoms with Gasteiger partial charge in [0.1, 0.15) is 18.4 Å². The molecule has 2 atom stereocenters. The first-order chi connectivity index (χ1) is 18.9. The Morgan fingerprint density at radius 1 is 0.949 bits per heavy atom. The van der Waals surface area contributed by atoms with Gasteiger partial charge >= 0.3 is 5.97 Å². The first-order valence-corrected chi connectivity index (χ1v) is 12.7. The summed E-state index contributed by atoms with van der Waals surface area (Å²) in [6.45, 7) is 2.31. The SMILES string of the molecule is Cc1ccc2c(c1OCc1ccccc1)C[C@@H](C(=O)O)N(C(=O)[C@H](Oc1ccccc1F)c1ccccc1)C2. The summed E-state index contributed by atoms with van der Waals surface area (Å²) in [4.78, 5) is 27.8. The molecule has 198 valence electrons. The van der Waals surface area contributed by atoms with E-state index in [2.05, 4.69) is 0 Å². The van der Waals surface area contributed by atoms with Crippen LogP contribution in [0.15, 0.2) is 97.1 Å². The van der Waals surface area contributed by atoms with Crippen molar-refractivity contribution in [2.75, 3.05) is 0 Å². The second-order valence-corrected chi connectivity index (χ2v) is 9.49. The smallest absolute Gasteiger partial charge is 0.326 e. The number of benzene rings is 4. The summed E-state index contributed by atoms with van der Waals surface area (Å²) in [5, 5.41) is 10.2. The van der Waals surface area contributed by atoms with Gasteiger partial charge in [0.2, 0.25) is 6.10 Å². The van der Waals surface area contributed by atoms with Crippen molar-refractivity contribution < 1.29 is 28.6 Å². The van der Waals surface area contributed by atoms with Gasteiger partial charge in [-0.05, 0) is 35.7 Å². The highest BCUT2D eigenvalue weighted by Gasteiger charge is 2.40. The van der Waals surface area contributed by atoms with E-state index in [1.54, 1.807) is 36.4 Å². The molecule has 1 N–H and O–H groups in total. The Hall–Kier alpha value is -4.65. The number of carbonyl (C=O) groups is 2. The van der Waals surface area contributed by atoms with E-state index < -0.39 is 29.8 Å². The van der Waals surface area contributed by atoms with Crippen LogP contribution in [0, 0.1) is 12.7 Å². The Labute approximate surface area is 226 Å². The lowest BCUT2D eigenvalue weighted by Gasteiger charge is -2.37. The molecule has 0 aliphatic carbocycles. The summed E-state index contributed by atoms with van der Waals surface area (Å²) in [6, 6.07) is 26.9. The minimum atomic E-state index is -1.23. The topological polar surface area (TPSA) is 76.1 Å². The molecule has 0 saturated heterocycles. The molecule has 0 bridgehead atoms. The van der Waals surface area contributed by atoms with Crippen LogP contribution in [-0.2, 0) is 29.2 Å². The molecule has 0 spiro atoms. The summed E-state index contributed by atoms with van der Waals surface area (Å²) < 4.78 is 26.6. The molecular weight excluding hydrogens is 497 g/mol. The van der Waals surface area contributed by atoms with Gasteiger partial charge in [0.05, 0.1) is 0 Å². The molecule has 0 saturated carbocycles. The zero-order valence-electron chi connectivity index (χ0n) is 21.4. The number of rotatable bonds is 8. The van der Waals surface area contributed by atoms with Gasteiger partial charge < -0.3 is 19.5 Å². The van der Waals surface area contributed by atoms with Crippen LogP contribution in [-0.4, -0.2) is 27.9 Å². The fourth-order valence-corrected chi connectivity index (χ4v) is 4.84. The zero-order valence-corrected chi connectivity index (χ0v) is 21.4. The molecule has 1 amide bonds. The quantitative estimate of drug-likeness (QED) is 0.311. The Kier molecular flexibility index (Phi) is 7.59. The first kappa shape index (κ1) is 26.0. The van der Waals surface area contributed by atoms with Crippen molar-refractivity contribution in [2.45, 2.75) is 38.6 Å². The standard InChI is InChI=1S/C32H28FNO5/c1-21-16-17-24-19-34(27(32(36)37)18-25(24)29(21)38-20-22-10-4-2-5-11-22)31(35)30(23-12-6-3-7-13-23)39-28-15-9-8-14-26(28)33/h2-17,27,30H,18-20H2,1H3,(H,36,37)/t27-,30+/m0/s1. The van der Waals surface area contributed by atoms with Gasteiger partial charge in [-0.25, -0.2) is 9.18 Å². The van der Waals surface area contributed by atoms with E-state index in [-0.39, 0.29) is 18.7 Å². The number of fused-ring (bicyclic) bond motifs is 1. The van der Waals surface area contributed by atoms with Crippen LogP contribution in [0.25, 0.3) is 0 Å². The number of para-hydroxylation sites is 1. The van der Waals surface area contributed by atoms with E-state index in [4.69, 9.17) is 9.47 Å². The highest BCUT2D eigenvalue weighted by atomic mass is 19.1. The minimum absolute atomic E-state index is 0.0527. The summed E-state index contributed by atoms with van der Waals surface area (Å²) in [5.41, 5.74) is 3.95. The number of hydrogen-bond donors (Lipinski definition) is 1. The second-order valence-electron chi connectivity index (χ2n) is 9.49. The third-order valence-electron chi connectivity index (χ3n) is 6.87. The van der Waals surface area contributed by atoms with Gasteiger partial charge in [-0.2, -0.15) is 0 Å². The van der Waals surface area contributed by atoms with Crippen LogP contribution in [0.3, 0.4) is 0 Å². The fraction of sp³-hybridized carbons (Fsp3) is 0.188. The highest BCUT2D eigenvalue weighted by molar-refractivity contribution is 5.88. The number of ether oxygens (including phenoxy) is 2. The van der Waals surface area contributed by atoms with Crippen molar-refractivity contribution in [3.8, 4) is 11.5 Å². The van der Waals surface area contributed by atoms with Crippen molar-refractivity contribution >= 4 is 11.9 Å². The molecular formula is C32H28FNO5. The van der Waals surface area contributed by atoms with Gasteiger partial charge in [-0.3, -0.25) is 4.79 Å². The van der Waals surface area contributed by atoms with Gasteiger partial charge in [-0.1, -0.05) is 84.9 Å². The first-order valence-electron chi connectivity index (χ1n) is 12.7. The normalized spacial score (nSPS) is 15.2. The van der Waals surface area contributed by atoms with Crippen molar-refractivity contribution in [3.05, 3.63) is 131 Å². The van der Waals surface area contributed by atoms with Gasteiger partial charge in [-0.15, -0.1) is 0 Å². The molecule has 0 radical (unpaired) electrons. The van der Waals surface area contributed by atoms with Crippen LogP contribution >= 0.6 is 0 Å². The summed E-state index contributed by atoms with van der Waals surface area (Å²) in [5.74, 6) is -1.76. The number of carboxylic acids is 1. The molecule has 0 unspecified atom stereocenters. The van der Waals surface area contributed by atoms with Crippen LogP contribution in [0.5, 0.6) is 11.5 Å². The van der Waals surface area contributed by atoms with E-state index in [1.165, 1.54) is 23.1 Å². The second kappa shape index (κ2) is 11.4. The van der Waals surface area contributed by atoms with Crippen LogP contribution in [0.4, 0.5) is 4.39 Å². The van der Waals surface area contributed by atoms with Gasteiger partial charge in [0.25, 0.3) is 5.91 Å². The van der Waals surface area contributed by atoms with Crippen molar-refractivity contribution in [1.82, 2.24) is 4.90 Å². The minimum Gasteiger partial charge on any atom is -0.488 e. The summed E-state index contributed by atoms with van der Waals surface area (Å²) in [6.07, 6.45) is -1.16. The molecule has 0 aromatic heterocycles. The number of halogens is 1. The molecule has 7 heteroatoms. The van der Waals surface area contributed by atoms with Gasteiger partial charge in [0, 0.05) is 24.1 Å². The third-order valence-corrected chi connectivity index (χ3v) is 6.87. The fourth-order valence-electron chi connectivity index (χ4n) is 4.84. The molecule has 6 nitrogen and oxygen atoms in total. The van der Waals surface area contributed by atoms with E-state index in [1.807, 2.05) is 49.4 Å². The molecule has 1 aliphatic heterocycles. The van der Waals surface area contributed by atoms with E-state index in [0.717, 1.165) is 22.3 Å². The molecule has 4 aromatic rings. The van der Waals surface area contributed by atoms with Crippen LogP contribution in [0.2, 0.25) is 0 Å². The Bertz CT molecular complexity index is 1470. The zero-order chi connectivity index (χ0) is 27.4. The number of aryl methyl sites for hydroxylation is 1. The van der Waals surface area contributed by atoms with E-state index in [0.29, 0.717) is 17.9 Å². The van der Waals surface area contributed by atoms with Crippen LogP contribution < -0.4 is 9.47 Å². The number of hydrogen-bond acceptors (Lipinski definition) is 4. The Balaban J connectivity index is 1.48. The lowest BCUT2D eigenvalue weighted by atomic mass is 9.90. The molecule has 1 aliphatic rings. The predicted octanol–water partition coefficient (Wildman–Crippen LogP) is 5.87. The molecule has 5 rings (SSSR count). The van der Waals surface area contributed by atoms with Crippen molar-refractivity contribution in [3.63, 3.8) is 0 Å². The number of carboxylic acid groups (broad SMARTS) is 1. The highest BCUT2D eigenvalue weighted by Crippen LogP contribution is 2.36. The average molecular weight is 526 g/mol. The number of amides is 1. The molecule has 39 heavy (non-hydrogen) atoms. The Morgan fingerprint density at radius 3 is 2.31 bits per heavy atom. The van der Waals surface area contributed by atoms with Crippen molar-refractivity contribution in [1.29, 1.82) is 0 Å². The maximum Gasteiger partial charge on any atom is 0.326 e. The average Bonchev–Trinajstić information content (AvgIpc) is 2.96.